The number of fused-ring (bicyclic) bond motifs is 8. The zero-order chi connectivity index (χ0) is 19.3. The van der Waals surface area contributed by atoms with E-state index in [1.165, 1.54) is 6.20 Å². The average Bonchev–Trinajstić information content (AvgIpc) is 3.05. The summed E-state index contributed by atoms with van der Waals surface area (Å²) >= 11 is 0. The molecule has 0 spiro atoms. The summed E-state index contributed by atoms with van der Waals surface area (Å²) in [5.74, 6) is 0. The molecule has 0 saturated carbocycles. The molecule has 132 valence electrons. The smallest absolute Gasteiger partial charge is 0.330 e. The molecule has 9 rings (SSSR count). The van der Waals surface area contributed by atoms with Gasteiger partial charge in [0, 0.05) is 76.3 Å². The SMILES string of the molecule is O=c1[nH]c(=O)n([C@@H]2O[C@H](CO)[C@@H](O)[C@@H]2F)cc1C12B3B4B5B6B(B3B1B42)B1B5C61. The zero-order valence-corrected chi connectivity index (χ0v) is 15.4. The van der Waals surface area contributed by atoms with Gasteiger partial charge in [-0.15, -0.1) is 10.7 Å². The Bertz CT molecular complexity index is 1140. The Labute approximate surface area is 168 Å². The van der Waals surface area contributed by atoms with E-state index < -0.39 is 36.9 Å². The van der Waals surface area contributed by atoms with Crippen molar-refractivity contribution in [3.8, 4) is 0 Å². The van der Waals surface area contributed by atoms with Gasteiger partial charge in [0.2, 0.25) is 0 Å². The van der Waals surface area contributed by atoms with E-state index in [4.69, 9.17) is 4.74 Å². The Hall–Kier alpha value is -0.861. The first-order chi connectivity index (χ1) is 14.0. The summed E-state index contributed by atoms with van der Waals surface area (Å²) in [4.78, 5) is 27.6. The van der Waals surface area contributed by atoms with Gasteiger partial charge in [-0.3, -0.25) is 14.3 Å². The van der Waals surface area contributed by atoms with Gasteiger partial charge in [0.05, 0.1) is 6.61 Å². The third-order valence-electron chi connectivity index (χ3n) is 11.1. The molecule has 0 radical (unpaired) electrons. The van der Waals surface area contributed by atoms with Crippen molar-refractivity contribution in [2.45, 2.75) is 35.3 Å². The first-order valence-electron chi connectivity index (χ1n) is 11.0. The number of ether oxygens (including phenoxy) is 1. The lowest BCUT2D eigenvalue weighted by molar-refractivity contribution is -0.0492. The van der Waals surface area contributed by atoms with Crippen LogP contribution < -0.4 is 11.2 Å². The van der Waals surface area contributed by atoms with Crippen LogP contribution in [-0.2, 0) is 9.85 Å². The molecule has 3 N–H and O–H groups in total. The van der Waals surface area contributed by atoms with Crippen LogP contribution in [0.4, 0.5) is 4.39 Å². The fourth-order valence-corrected chi connectivity index (χ4v) is 10.6. The van der Waals surface area contributed by atoms with Gasteiger partial charge in [0.1, 0.15) is 12.2 Å². The van der Waals surface area contributed by atoms with E-state index in [2.05, 4.69) is 4.98 Å². The number of aliphatic hydroxyl groups is 2. The number of H-pyrrole nitrogens is 1. The van der Waals surface area contributed by atoms with Crippen molar-refractivity contribution in [2.24, 2.45) is 0 Å². The van der Waals surface area contributed by atoms with Crippen LogP contribution in [-0.4, -0.2) is 109 Å². The van der Waals surface area contributed by atoms with Crippen molar-refractivity contribution in [3.63, 3.8) is 0 Å². The molecule has 8 aliphatic rings. The summed E-state index contributed by atoms with van der Waals surface area (Å²) in [5, 5.41) is 19.1. The molecular formula is C11H11B10FN2O5. The minimum atomic E-state index is -1.84. The van der Waals surface area contributed by atoms with Gasteiger partial charge in [0.15, 0.2) is 12.4 Å². The number of halogens is 1. The van der Waals surface area contributed by atoms with Crippen molar-refractivity contribution in [1.82, 2.24) is 9.55 Å². The number of aliphatic hydroxyl groups excluding tert-OH is 2. The number of nitrogens with zero attached hydrogens (tertiary/aromatic N) is 1. The van der Waals surface area contributed by atoms with Gasteiger partial charge in [-0.25, -0.2) is 9.18 Å². The van der Waals surface area contributed by atoms with Crippen LogP contribution >= 0.6 is 0 Å². The second-order valence-corrected chi connectivity index (χ2v) is 11.0. The van der Waals surface area contributed by atoms with Crippen LogP contribution in [0.3, 0.4) is 0 Å². The second-order valence-electron chi connectivity index (χ2n) is 11.0. The normalized spacial score (nSPS) is 37.2. The topological polar surface area (TPSA) is 105 Å². The summed E-state index contributed by atoms with van der Waals surface area (Å²) in [6.07, 6.45) is -0.879. The predicted octanol–water partition coefficient (Wildman–Crippen LogP) is -5.59. The highest BCUT2D eigenvalue weighted by Gasteiger charge is 3.06. The van der Waals surface area contributed by atoms with Gasteiger partial charge >= 0.3 is 5.69 Å². The molecule has 29 heavy (non-hydrogen) atoms. The summed E-state index contributed by atoms with van der Waals surface area (Å²) in [6, 6.07) is 0. The molecule has 0 unspecified atom stereocenters. The van der Waals surface area contributed by atoms with E-state index in [1.807, 2.05) is 0 Å². The van der Waals surface area contributed by atoms with Crippen molar-refractivity contribution in [3.05, 3.63) is 32.6 Å². The number of alkyl halides is 1. The van der Waals surface area contributed by atoms with E-state index in [0.29, 0.717) is 25.0 Å². The Balaban J connectivity index is 1.13. The van der Waals surface area contributed by atoms with Crippen LogP contribution in [0.25, 0.3) is 0 Å². The lowest BCUT2D eigenvalue weighted by Gasteiger charge is -2.64. The third-order valence-corrected chi connectivity index (χ3v) is 11.1. The average molecular weight is 378 g/mol. The largest absolute Gasteiger partial charge is 0.394 e. The number of rotatable bonds is 3. The molecule has 1 aromatic heterocycles. The van der Waals surface area contributed by atoms with E-state index in [1.54, 1.807) is 0 Å². The summed E-state index contributed by atoms with van der Waals surface area (Å²) in [6.45, 7) is 4.17. The molecule has 7 nitrogen and oxygen atoms in total. The molecular weight excluding hydrogens is 367 g/mol. The van der Waals surface area contributed by atoms with Crippen LogP contribution in [0, 0.1) is 0 Å². The predicted molar refractivity (Wildman–Crippen MR) is 116 cm³/mol. The number of hydrogen-bond donors (Lipinski definition) is 3. The molecule has 0 aliphatic carbocycles. The highest BCUT2D eigenvalue weighted by Crippen LogP contribution is 2.77. The maximum Gasteiger partial charge on any atom is 0.330 e. The second kappa shape index (κ2) is 4.24. The monoisotopic (exact) mass is 380 g/mol. The van der Waals surface area contributed by atoms with Gasteiger partial charge in [0.25, 0.3) is 5.56 Å². The molecule has 1 aromatic rings. The number of aromatic nitrogens is 2. The molecule has 0 amide bonds. The maximum atomic E-state index is 14.6. The van der Waals surface area contributed by atoms with Gasteiger partial charge in [-0.2, -0.15) is 0 Å². The summed E-state index contributed by atoms with van der Waals surface area (Å²) in [5.41, 5.74) is 0.589. The molecule has 0 aromatic carbocycles. The quantitative estimate of drug-likeness (QED) is 0.455. The molecule has 0 bridgehead atoms. The van der Waals surface area contributed by atoms with Crippen molar-refractivity contribution >= 4 is 64.5 Å². The Morgan fingerprint density at radius 3 is 2.45 bits per heavy atom. The van der Waals surface area contributed by atoms with E-state index in [9.17, 15) is 24.2 Å². The molecule has 4 atom stereocenters. The molecule has 8 saturated heterocycles. The highest BCUT2D eigenvalue weighted by molar-refractivity contribution is 8.49. The first kappa shape index (κ1) is 15.9. The molecule has 18 heteroatoms. The van der Waals surface area contributed by atoms with Gasteiger partial charge in [-0.05, 0) is 0 Å². The number of hydrogen-bond acceptors (Lipinski definition) is 5. The molecule has 9 heterocycles. The standard InChI is InChI=1S/C11H11B10FN2O5/c22-5-6(26)4(2-25)29-8(5)24-1-3(7(27)23-10(24)28)11-15-16(11)21-17(11)20(15)18-12-9-13(12)19(21)14(9)18/h1,4-6,8-9,25-26H,2H2,(H,23,27,28)/t4-,5+,6-,8-,9?,11?/m1/s1. The summed E-state index contributed by atoms with van der Waals surface area (Å²) in [7, 11) is 0. The Morgan fingerprint density at radius 1 is 1.14 bits per heavy atom. The van der Waals surface area contributed by atoms with E-state index >= 15 is 0 Å². The number of aromatic amines is 1. The zero-order valence-electron chi connectivity index (χ0n) is 15.4. The van der Waals surface area contributed by atoms with Gasteiger partial charge in [-0.1, -0.05) is 0 Å². The lowest BCUT2D eigenvalue weighted by Crippen LogP contribution is -2.95. The Kier molecular flexibility index (Phi) is 2.32. The lowest BCUT2D eigenvalue weighted by atomic mass is 8.34. The fourth-order valence-electron chi connectivity index (χ4n) is 10.6. The minimum absolute atomic E-state index is 0.0944. The highest BCUT2D eigenvalue weighted by atomic mass is 19.1. The van der Waals surface area contributed by atoms with Crippen LogP contribution in [0.2, 0.25) is 5.62 Å². The molecule has 8 aliphatic heterocycles. The van der Waals surface area contributed by atoms with Crippen molar-refractivity contribution < 1.29 is 19.3 Å². The van der Waals surface area contributed by atoms with Crippen LogP contribution in [0.1, 0.15) is 11.8 Å². The van der Waals surface area contributed by atoms with Crippen molar-refractivity contribution in [1.29, 1.82) is 0 Å². The van der Waals surface area contributed by atoms with Gasteiger partial charge < -0.3 is 14.9 Å². The van der Waals surface area contributed by atoms with E-state index in [-0.39, 0.29) is 10.7 Å². The Morgan fingerprint density at radius 2 is 1.83 bits per heavy atom. The number of nitrogens with one attached hydrogen (secondary N) is 1. The van der Waals surface area contributed by atoms with Crippen LogP contribution in [0.15, 0.2) is 15.8 Å². The van der Waals surface area contributed by atoms with Crippen molar-refractivity contribution in [2.75, 3.05) is 6.61 Å². The summed E-state index contributed by atoms with van der Waals surface area (Å²) < 4.78 is 21.1. The maximum absolute atomic E-state index is 14.6. The minimum Gasteiger partial charge on any atom is -0.394 e. The van der Waals surface area contributed by atoms with Crippen LogP contribution in [0.5, 0.6) is 0 Å². The fraction of sp³-hybridized carbons (Fsp3) is 0.636. The third kappa shape index (κ3) is 1.25. The van der Waals surface area contributed by atoms with E-state index in [0.717, 1.165) is 55.2 Å². The molecule has 8 fully saturated rings. The first-order valence-corrected chi connectivity index (χ1v) is 11.0.